The number of carboxylic acid groups (broad SMARTS) is 1. The lowest BCUT2D eigenvalue weighted by atomic mass is 10.4. The van der Waals surface area contributed by atoms with Crippen molar-refractivity contribution in [2.24, 2.45) is 0 Å². The molecule has 0 unspecified atom stereocenters. The molecule has 1 aromatic heterocycles. The van der Waals surface area contributed by atoms with Crippen molar-refractivity contribution >= 4 is 29.2 Å². The van der Waals surface area contributed by atoms with Crippen LogP contribution in [0, 0.1) is 0 Å². The number of urea groups is 1. The highest BCUT2D eigenvalue weighted by atomic mass is 32.1. The third kappa shape index (κ3) is 4.25. The van der Waals surface area contributed by atoms with Gasteiger partial charge in [0.05, 0.1) is 0 Å². The van der Waals surface area contributed by atoms with Crippen LogP contribution in [0.4, 0.5) is 4.79 Å². The molecular weight excluding hydrogens is 272 g/mol. The smallest absolute Gasteiger partial charge is 0.346 e. The maximum Gasteiger partial charge on any atom is 0.346 e. The molecule has 3 amide bonds. The lowest BCUT2D eigenvalue weighted by Gasteiger charge is -2.06. The molecule has 3 N–H and O–H groups in total. The topological polar surface area (TPSA) is 105 Å². The van der Waals surface area contributed by atoms with Gasteiger partial charge in [-0.15, -0.1) is 11.3 Å². The summed E-state index contributed by atoms with van der Waals surface area (Å²) >= 11 is 1.00. The van der Waals surface area contributed by atoms with Gasteiger partial charge in [-0.3, -0.25) is 10.1 Å². The van der Waals surface area contributed by atoms with Crippen molar-refractivity contribution < 1.29 is 24.2 Å². The standard InChI is InChI=1S/C11H12N2O5S/c14-9(13-11(17)12-6-1-2-6)4-18-7-3-8(10(15)16)19-5-7/h3,5-6H,1-2,4H2,(H,15,16)(H2,12,13,14,17). The predicted octanol–water partition coefficient (Wildman–Crippen LogP) is 0.813. The summed E-state index contributed by atoms with van der Waals surface area (Å²) in [4.78, 5) is 33.3. The first-order valence-corrected chi connectivity index (χ1v) is 6.47. The minimum atomic E-state index is -1.05. The molecule has 1 saturated carbocycles. The molecule has 0 aliphatic heterocycles. The van der Waals surface area contributed by atoms with E-state index in [1.165, 1.54) is 11.4 Å². The molecule has 19 heavy (non-hydrogen) atoms. The first kappa shape index (κ1) is 13.3. The Labute approximate surface area is 112 Å². The molecule has 0 saturated heterocycles. The van der Waals surface area contributed by atoms with Crippen LogP contribution in [0.25, 0.3) is 0 Å². The summed E-state index contributed by atoms with van der Waals surface area (Å²) in [7, 11) is 0. The second-order valence-electron chi connectivity index (χ2n) is 4.04. The van der Waals surface area contributed by atoms with Crippen molar-refractivity contribution in [1.82, 2.24) is 10.6 Å². The normalized spacial score (nSPS) is 13.7. The third-order valence-electron chi connectivity index (χ3n) is 2.32. The maximum absolute atomic E-state index is 11.4. The van der Waals surface area contributed by atoms with Gasteiger partial charge in [0.1, 0.15) is 10.6 Å². The van der Waals surface area contributed by atoms with Gasteiger partial charge in [0.2, 0.25) is 0 Å². The van der Waals surface area contributed by atoms with Crippen molar-refractivity contribution in [1.29, 1.82) is 0 Å². The van der Waals surface area contributed by atoms with E-state index in [0.29, 0.717) is 5.75 Å². The largest absolute Gasteiger partial charge is 0.483 e. The Bertz CT molecular complexity index is 509. The first-order valence-electron chi connectivity index (χ1n) is 5.59. The quantitative estimate of drug-likeness (QED) is 0.742. The van der Waals surface area contributed by atoms with Crippen LogP contribution in [0.2, 0.25) is 0 Å². The van der Waals surface area contributed by atoms with Crippen LogP contribution in [0.3, 0.4) is 0 Å². The van der Waals surface area contributed by atoms with Crippen molar-refractivity contribution in [2.45, 2.75) is 18.9 Å². The highest BCUT2D eigenvalue weighted by Gasteiger charge is 2.23. The van der Waals surface area contributed by atoms with Crippen molar-refractivity contribution in [3.8, 4) is 5.75 Å². The number of nitrogens with one attached hydrogen (secondary N) is 2. The van der Waals surface area contributed by atoms with Crippen LogP contribution in [-0.4, -0.2) is 35.7 Å². The number of carbonyl (C=O) groups excluding carboxylic acids is 2. The van der Waals surface area contributed by atoms with Crippen molar-refractivity contribution in [3.05, 3.63) is 16.3 Å². The summed E-state index contributed by atoms with van der Waals surface area (Å²) < 4.78 is 5.08. The van der Waals surface area contributed by atoms with Gasteiger partial charge in [-0.25, -0.2) is 9.59 Å². The molecule has 8 heteroatoms. The maximum atomic E-state index is 11.4. The number of thiophene rings is 1. The molecule has 0 aromatic carbocycles. The summed E-state index contributed by atoms with van der Waals surface area (Å²) in [5.41, 5.74) is 0. The Kier molecular flexibility index (Phi) is 4.00. The Morgan fingerprint density at radius 1 is 1.42 bits per heavy atom. The summed E-state index contributed by atoms with van der Waals surface area (Å²) in [5.74, 6) is -1.34. The fourth-order valence-corrected chi connectivity index (χ4v) is 1.93. The zero-order valence-corrected chi connectivity index (χ0v) is 10.7. The SMILES string of the molecule is O=C(COc1csc(C(=O)O)c1)NC(=O)NC1CC1. The molecule has 102 valence electrons. The molecule has 1 heterocycles. The van der Waals surface area contributed by atoms with Crippen LogP contribution >= 0.6 is 11.3 Å². The van der Waals surface area contributed by atoms with E-state index < -0.39 is 17.9 Å². The van der Waals surface area contributed by atoms with E-state index >= 15 is 0 Å². The second-order valence-corrected chi connectivity index (χ2v) is 4.95. The van der Waals surface area contributed by atoms with Crippen molar-refractivity contribution in [3.63, 3.8) is 0 Å². The molecule has 0 radical (unpaired) electrons. The molecular formula is C11H12N2O5S. The molecule has 2 rings (SSSR count). The minimum Gasteiger partial charge on any atom is -0.483 e. The van der Waals surface area contributed by atoms with E-state index in [2.05, 4.69) is 10.6 Å². The van der Waals surface area contributed by atoms with E-state index in [1.807, 2.05) is 0 Å². The van der Waals surface area contributed by atoms with E-state index in [0.717, 1.165) is 24.2 Å². The van der Waals surface area contributed by atoms with E-state index in [1.54, 1.807) is 0 Å². The third-order valence-corrected chi connectivity index (χ3v) is 3.22. The summed E-state index contributed by atoms with van der Waals surface area (Å²) in [6.45, 7) is -0.339. The molecule has 1 aliphatic rings. The monoisotopic (exact) mass is 284 g/mol. The number of amides is 3. The number of aromatic carboxylic acids is 1. The fourth-order valence-electron chi connectivity index (χ4n) is 1.27. The zero-order valence-electron chi connectivity index (χ0n) is 9.84. The highest BCUT2D eigenvalue weighted by molar-refractivity contribution is 7.12. The predicted molar refractivity (Wildman–Crippen MR) is 66.5 cm³/mol. The summed E-state index contributed by atoms with van der Waals surface area (Å²) in [6, 6.07) is 0.959. The number of rotatable bonds is 5. The van der Waals surface area contributed by atoms with Crippen LogP contribution < -0.4 is 15.4 Å². The molecule has 1 aliphatic carbocycles. The number of imide groups is 1. The van der Waals surface area contributed by atoms with Gasteiger partial charge in [0.15, 0.2) is 6.61 Å². The van der Waals surface area contributed by atoms with Gasteiger partial charge in [0.25, 0.3) is 5.91 Å². The number of hydrogen-bond acceptors (Lipinski definition) is 5. The lowest BCUT2D eigenvalue weighted by molar-refractivity contribution is -0.122. The van der Waals surface area contributed by atoms with Gasteiger partial charge >= 0.3 is 12.0 Å². The van der Waals surface area contributed by atoms with Gasteiger partial charge < -0.3 is 15.2 Å². The summed E-state index contributed by atoms with van der Waals surface area (Å²) in [6.07, 6.45) is 1.87. The van der Waals surface area contributed by atoms with Crippen LogP contribution in [0.15, 0.2) is 11.4 Å². The van der Waals surface area contributed by atoms with E-state index in [-0.39, 0.29) is 17.5 Å². The van der Waals surface area contributed by atoms with Crippen LogP contribution in [-0.2, 0) is 4.79 Å². The van der Waals surface area contributed by atoms with E-state index in [9.17, 15) is 14.4 Å². The van der Waals surface area contributed by atoms with E-state index in [4.69, 9.17) is 9.84 Å². The Morgan fingerprint density at radius 2 is 2.16 bits per heavy atom. The van der Waals surface area contributed by atoms with Gasteiger partial charge in [-0.05, 0) is 12.8 Å². The van der Waals surface area contributed by atoms with Crippen LogP contribution in [0.5, 0.6) is 5.75 Å². The van der Waals surface area contributed by atoms with Gasteiger partial charge in [-0.1, -0.05) is 0 Å². The Hall–Kier alpha value is -2.09. The average molecular weight is 284 g/mol. The van der Waals surface area contributed by atoms with Gasteiger partial charge in [0, 0.05) is 17.5 Å². The lowest BCUT2D eigenvalue weighted by Crippen LogP contribution is -2.42. The zero-order chi connectivity index (χ0) is 13.8. The summed E-state index contributed by atoms with van der Waals surface area (Å²) in [5, 5.41) is 14.9. The Morgan fingerprint density at radius 3 is 2.74 bits per heavy atom. The average Bonchev–Trinajstić information content (AvgIpc) is 3.01. The highest BCUT2D eigenvalue weighted by Crippen LogP contribution is 2.21. The number of carboxylic acids is 1. The molecule has 0 spiro atoms. The number of ether oxygens (including phenoxy) is 1. The van der Waals surface area contributed by atoms with Crippen LogP contribution in [0.1, 0.15) is 22.5 Å². The molecule has 1 aromatic rings. The molecule has 0 atom stereocenters. The second kappa shape index (κ2) is 5.70. The molecule has 1 fully saturated rings. The minimum absolute atomic E-state index is 0.127. The first-order chi connectivity index (χ1) is 9.04. The molecule has 7 nitrogen and oxygen atoms in total. The number of hydrogen-bond donors (Lipinski definition) is 3. The van der Waals surface area contributed by atoms with Gasteiger partial charge in [-0.2, -0.15) is 0 Å². The fraction of sp³-hybridized carbons (Fsp3) is 0.364. The number of carbonyl (C=O) groups is 3. The Balaban J connectivity index is 1.72. The van der Waals surface area contributed by atoms with Crippen molar-refractivity contribution in [2.75, 3.05) is 6.61 Å². The molecule has 0 bridgehead atoms.